The van der Waals surface area contributed by atoms with Crippen molar-refractivity contribution in [2.45, 2.75) is 52.0 Å². The zero-order valence-corrected chi connectivity index (χ0v) is 12.9. The molecule has 1 aromatic heterocycles. The van der Waals surface area contributed by atoms with Gasteiger partial charge in [0.2, 0.25) is 11.9 Å². The number of carbonyl (C=O) groups excluding carboxylic acids is 1. The molecule has 1 saturated carbocycles. The molecule has 2 unspecified atom stereocenters. The third-order valence-corrected chi connectivity index (χ3v) is 4.79. The molecule has 1 aliphatic carbocycles. The van der Waals surface area contributed by atoms with Crippen molar-refractivity contribution < 1.29 is 4.79 Å². The molecule has 0 saturated heterocycles. The van der Waals surface area contributed by atoms with Crippen molar-refractivity contribution in [1.82, 2.24) is 14.8 Å². The first-order chi connectivity index (χ1) is 9.59. The maximum atomic E-state index is 12.8. The van der Waals surface area contributed by atoms with Gasteiger partial charge in [0.15, 0.2) is 4.77 Å². The van der Waals surface area contributed by atoms with E-state index in [0.717, 1.165) is 38.2 Å². The zero-order chi connectivity index (χ0) is 14.3. The molecule has 1 aliphatic heterocycles. The molecule has 1 fully saturated rings. The molecule has 20 heavy (non-hydrogen) atoms. The molecule has 3 rings (SSSR count). The SMILES string of the molecule is CC(C)CCN1C(=O)C2CCCCC2n2c1n[nH]c2=S. The summed E-state index contributed by atoms with van der Waals surface area (Å²) < 4.78 is 2.74. The number of carbonyl (C=O) groups is 1. The predicted molar refractivity (Wildman–Crippen MR) is 80.2 cm³/mol. The average molecular weight is 294 g/mol. The number of hydrogen-bond donors (Lipinski definition) is 1. The van der Waals surface area contributed by atoms with Crippen LogP contribution in [0.25, 0.3) is 0 Å². The van der Waals surface area contributed by atoms with E-state index in [0.29, 0.717) is 10.7 Å². The highest BCUT2D eigenvalue weighted by Gasteiger charge is 2.42. The summed E-state index contributed by atoms with van der Waals surface area (Å²) in [5, 5.41) is 7.18. The molecule has 2 aliphatic rings. The Morgan fingerprint density at radius 3 is 2.90 bits per heavy atom. The van der Waals surface area contributed by atoms with Crippen molar-refractivity contribution in [1.29, 1.82) is 0 Å². The number of anilines is 1. The average Bonchev–Trinajstić information content (AvgIpc) is 2.81. The minimum atomic E-state index is 0.0905. The number of rotatable bonds is 3. The number of aromatic nitrogens is 3. The molecule has 2 heterocycles. The van der Waals surface area contributed by atoms with E-state index in [1.54, 1.807) is 0 Å². The molecular weight excluding hydrogens is 272 g/mol. The molecule has 1 amide bonds. The maximum Gasteiger partial charge on any atom is 0.234 e. The predicted octanol–water partition coefficient (Wildman–Crippen LogP) is 3.06. The van der Waals surface area contributed by atoms with Crippen molar-refractivity contribution in [2.75, 3.05) is 11.4 Å². The molecule has 0 aromatic carbocycles. The van der Waals surface area contributed by atoms with Gasteiger partial charge in [-0.25, -0.2) is 5.10 Å². The first kappa shape index (κ1) is 13.8. The van der Waals surface area contributed by atoms with Crippen LogP contribution in [-0.4, -0.2) is 27.2 Å². The van der Waals surface area contributed by atoms with Gasteiger partial charge >= 0.3 is 0 Å². The number of aromatic amines is 1. The van der Waals surface area contributed by atoms with Crippen LogP contribution in [0.15, 0.2) is 0 Å². The van der Waals surface area contributed by atoms with Crippen molar-refractivity contribution >= 4 is 24.1 Å². The molecule has 0 spiro atoms. The van der Waals surface area contributed by atoms with Crippen molar-refractivity contribution in [3.8, 4) is 0 Å². The van der Waals surface area contributed by atoms with Gasteiger partial charge in [-0.3, -0.25) is 14.3 Å². The van der Waals surface area contributed by atoms with E-state index in [4.69, 9.17) is 12.2 Å². The lowest BCUT2D eigenvalue weighted by Gasteiger charge is -2.40. The lowest BCUT2D eigenvalue weighted by Crippen LogP contribution is -2.48. The van der Waals surface area contributed by atoms with Gasteiger partial charge in [0.25, 0.3) is 0 Å². The lowest BCUT2D eigenvalue weighted by atomic mass is 9.82. The van der Waals surface area contributed by atoms with Crippen LogP contribution in [0.4, 0.5) is 5.95 Å². The Labute approximate surface area is 124 Å². The summed E-state index contributed by atoms with van der Waals surface area (Å²) in [6, 6.07) is 0.216. The Morgan fingerprint density at radius 1 is 1.40 bits per heavy atom. The number of H-pyrrole nitrogens is 1. The summed E-state index contributed by atoms with van der Waals surface area (Å²) in [7, 11) is 0. The highest BCUT2D eigenvalue weighted by atomic mass is 32.1. The van der Waals surface area contributed by atoms with Gasteiger partial charge in [-0.15, -0.1) is 5.10 Å². The number of nitrogens with zero attached hydrogens (tertiary/aromatic N) is 3. The van der Waals surface area contributed by atoms with Crippen molar-refractivity contribution in [2.24, 2.45) is 11.8 Å². The van der Waals surface area contributed by atoms with Gasteiger partial charge in [0.05, 0.1) is 12.0 Å². The summed E-state index contributed by atoms with van der Waals surface area (Å²) in [5.41, 5.74) is 0. The lowest BCUT2D eigenvalue weighted by molar-refractivity contribution is -0.126. The summed E-state index contributed by atoms with van der Waals surface area (Å²) >= 11 is 5.37. The Balaban J connectivity index is 1.98. The third-order valence-electron chi connectivity index (χ3n) is 4.50. The maximum absolute atomic E-state index is 12.8. The molecule has 1 aromatic rings. The zero-order valence-electron chi connectivity index (χ0n) is 12.1. The molecule has 110 valence electrons. The van der Waals surface area contributed by atoms with Crippen LogP contribution in [0.1, 0.15) is 52.0 Å². The van der Waals surface area contributed by atoms with Crippen LogP contribution < -0.4 is 4.90 Å². The minimum absolute atomic E-state index is 0.0905. The Hall–Kier alpha value is -1.17. The highest BCUT2D eigenvalue weighted by molar-refractivity contribution is 7.71. The van der Waals surface area contributed by atoms with E-state index in [9.17, 15) is 4.79 Å². The van der Waals surface area contributed by atoms with E-state index in [2.05, 4.69) is 28.6 Å². The van der Waals surface area contributed by atoms with E-state index in [1.165, 1.54) is 6.42 Å². The Morgan fingerprint density at radius 2 is 2.15 bits per heavy atom. The molecule has 0 radical (unpaired) electrons. The second-order valence-electron chi connectivity index (χ2n) is 6.33. The molecule has 1 N–H and O–H groups in total. The fraction of sp³-hybridized carbons (Fsp3) is 0.786. The van der Waals surface area contributed by atoms with Gasteiger partial charge in [0.1, 0.15) is 0 Å². The first-order valence-electron chi connectivity index (χ1n) is 7.58. The minimum Gasteiger partial charge on any atom is -0.282 e. The van der Waals surface area contributed by atoms with E-state index in [1.807, 2.05) is 4.90 Å². The van der Waals surface area contributed by atoms with Crippen LogP contribution in [0.3, 0.4) is 0 Å². The normalized spacial score (nSPS) is 25.8. The van der Waals surface area contributed by atoms with E-state index < -0.39 is 0 Å². The smallest absolute Gasteiger partial charge is 0.234 e. The summed E-state index contributed by atoms with van der Waals surface area (Å²) in [6.45, 7) is 5.09. The first-order valence-corrected chi connectivity index (χ1v) is 7.98. The second kappa shape index (κ2) is 5.31. The van der Waals surface area contributed by atoms with Gasteiger partial charge in [-0.1, -0.05) is 26.7 Å². The molecule has 0 bridgehead atoms. The number of fused-ring (bicyclic) bond motifs is 3. The van der Waals surface area contributed by atoms with Crippen LogP contribution in [0, 0.1) is 16.6 Å². The Kier molecular flexibility index (Phi) is 3.67. The van der Waals surface area contributed by atoms with Gasteiger partial charge < -0.3 is 0 Å². The fourth-order valence-corrected chi connectivity index (χ4v) is 3.65. The van der Waals surface area contributed by atoms with Crippen LogP contribution >= 0.6 is 12.2 Å². The van der Waals surface area contributed by atoms with Crippen LogP contribution in [0.5, 0.6) is 0 Å². The van der Waals surface area contributed by atoms with Crippen LogP contribution in [-0.2, 0) is 4.79 Å². The van der Waals surface area contributed by atoms with Gasteiger partial charge in [-0.2, -0.15) is 0 Å². The quantitative estimate of drug-likeness (QED) is 0.872. The monoisotopic (exact) mass is 294 g/mol. The van der Waals surface area contributed by atoms with Gasteiger partial charge in [0, 0.05) is 6.54 Å². The molecule has 5 nitrogen and oxygen atoms in total. The summed E-state index contributed by atoms with van der Waals surface area (Å²) in [5.74, 6) is 1.63. The van der Waals surface area contributed by atoms with Gasteiger partial charge in [-0.05, 0) is 37.4 Å². The summed E-state index contributed by atoms with van der Waals surface area (Å²) in [4.78, 5) is 14.6. The number of nitrogens with one attached hydrogen (secondary N) is 1. The highest BCUT2D eigenvalue weighted by Crippen LogP contribution is 2.41. The fourth-order valence-electron chi connectivity index (χ4n) is 3.39. The van der Waals surface area contributed by atoms with E-state index in [-0.39, 0.29) is 17.9 Å². The van der Waals surface area contributed by atoms with Crippen molar-refractivity contribution in [3.63, 3.8) is 0 Å². The topological polar surface area (TPSA) is 53.9 Å². The summed E-state index contributed by atoms with van der Waals surface area (Å²) in [6.07, 6.45) is 5.32. The Bertz CT molecular complexity index is 562. The van der Waals surface area contributed by atoms with Crippen molar-refractivity contribution in [3.05, 3.63) is 4.77 Å². The third kappa shape index (κ3) is 2.20. The number of hydrogen-bond acceptors (Lipinski definition) is 3. The molecular formula is C14H22N4OS. The molecule has 6 heteroatoms. The van der Waals surface area contributed by atoms with Crippen LogP contribution in [0.2, 0.25) is 0 Å². The largest absolute Gasteiger partial charge is 0.282 e. The van der Waals surface area contributed by atoms with E-state index >= 15 is 0 Å². The number of amides is 1. The molecule has 2 atom stereocenters. The second-order valence-corrected chi connectivity index (χ2v) is 6.72. The standard InChI is InChI=1S/C14H22N4OS/c1-9(2)7-8-17-12(19)10-5-3-4-6-11(10)18-13(17)15-16-14(18)20/h9-11H,3-8H2,1-2H3,(H,16,20).